The molecule has 13 nitrogen and oxygen atoms in total. The molecule has 0 aliphatic carbocycles. The van der Waals surface area contributed by atoms with Crippen molar-refractivity contribution in [1.29, 1.82) is 0 Å². The number of hydrogen-bond acceptors (Lipinski definition) is 8. The van der Waals surface area contributed by atoms with Crippen LogP contribution < -0.4 is 5.32 Å². The largest absolute Gasteiger partial charge is 0.326 e. The van der Waals surface area contributed by atoms with Crippen LogP contribution in [0.5, 0.6) is 0 Å². The Labute approximate surface area is 198 Å². The normalized spacial score (nSPS) is 11.3. The first-order valence-electron chi connectivity index (χ1n) is 10.4. The van der Waals surface area contributed by atoms with Gasteiger partial charge < -0.3 is 5.32 Å². The standard InChI is InChI=1S/C22H18N12O/c1-12-17(23-4)21(33(30-12)22-24-10-5-11-25-22)29-28-18-13(2)31-34-20(18)27-19(32-34)15-6-8-16(9-7-15)26-14(3)35/h5-11,31H,1-3H3,(H,26,35). The van der Waals surface area contributed by atoms with Gasteiger partial charge in [0.15, 0.2) is 17.3 Å². The average Bonchev–Trinajstić information content (AvgIpc) is 3.48. The summed E-state index contributed by atoms with van der Waals surface area (Å²) in [6.45, 7) is 12.5. The molecule has 1 aromatic carbocycles. The van der Waals surface area contributed by atoms with Gasteiger partial charge in [0.1, 0.15) is 0 Å². The average molecular weight is 466 g/mol. The lowest BCUT2D eigenvalue weighted by Crippen LogP contribution is -2.05. The number of anilines is 1. The molecule has 1 amide bonds. The molecule has 2 N–H and O–H groups in total. The molecule has 0 bridgehead atoms. The van der Waals surface area contributed by atoms with E-state index in [4.69, 9.17) is 6.57 Å². The van der Waals surface area contributed by atoms with Gasteiger partial charge in [0.25, 0.3) is 11.6 Å². The number of carbonyl (C=O) groups excluding carboxylic acids is 1. The predicted molar refractivity (Wildman–Crippen MR) is 126 cm³/mol. The second kappa shape index (κ2) is 8.60. The van der Waals surface area contributed by atoms with Crippen molar-refractivity contribution in [3.63, 3.8) is 0 Å². The lowest BCUT2D eigenvalue weighted by molar-refractivity contribution is -0.114. The summed E-state index contributed by atoms with van der Waals surface area (Å²) in [5.74, 6) is 0.828. The van der Waals surface area contributed by atoms with Gasteiger partial charge in [0.05, 0.1) is 18.0 Å². The van der Waals surface area contributed by atoms with E-state index in [1.807, 2.05) is 19.1 Å². The summed E-state index contributed by atoms with van der Waals surface area (Å²) in [6.07, 6.45) is 3.16. The van der Waals surface area contributed by atoms with Gasteiger partial charge in [-0.25, -0.2) is 19.8 Å². The van der Waals surface area contributed by atoms with Gasteiger partial charge in [-0.3, -0.25) is 9.89 Å². The van der Waals surface area contributed by atoms with E-state index in [1.165, 1.54) is 16.2 Å². The van der Waals surface area contributed by atoms with Crippen LogP contribution in [-0.4, -0.2) is 45.5 Å². The molecular weight excluding hydrogens is 448 g/mol. The minimum Gasteiger partial charge on any atom is -0.326 e. The lowest BCUT2D eigenvalue weighted by Gasteiger charge is -2.02. The molecule has 0 saturated heterocycles. The van der Waals surface area contributed by atoms with Crippen molar-refractivity contribution in [2.45, 2.75) is 20.8 Å². The fourth-order valence-corrected chi connectivity index (χ4v) is 3.44. The Hall–Kier alpha value is -5.25. The number of carbonyl (C=O) groups is 1. The van der Waals surface area contributed by atoms with Gasteiger partial charge >= 0.3 is 0 Å². The van der Waals surface area contributed by atoms with E-state index in [1.54, 1.807) is 37.5 Å². The highest BCUT2D eigenvalue weighted by Gasteiger charge is 2.20. The van der Waals surface area contributed by atoms with E-state index in [0.717, 1.165) is 5.56 Å². The second-order valence-corrected chi connectivity index (χ2v) is 7.54. The predicted octanol–water partition coefficient (Wildman–Crippen LogP) is 4.24. The summed E-state index contributed by atoms with van der Waals surface area (Å²) in [6, 6.07) is 8.87. The summed E-state index contributed by atoms with van der Waals surface area (Å²) in [4.78, 5) is 27.8. The number of nitrogens with one attached hydrogen (secondary N) is 2. The molecular formula is C22H18N12O. The van der Waals surface area contributed by atoms with E-state index in [2.05, 4.69) is 50.6 Å². The number of amides is 1. The highest BCUT2D eigenvalue weighted by molar-refractivity contribution is 5.88. The third-order valence-electron chi connectivity index (χ3n) is 5.01. The summed E-state index contributed by atoms with van der Waals surface area (Å²) in [5.41, 5.74) is 3.82. The van der Waals surface area contributed by atoms with Crippen molar-refractivity contribution < 1.29 is 4.79 Å². The molecule has 4 heterocycles. The Balaban J connectivity index is 1.53. The maximum atomic E-state index is 11.2. The number of rotatable bonds is 5. The van der Waals surface area contributed by atoms with Gasteiger partial charge in [-0.1, -0.05) is 0 Å². The van der Waals surface area contributed by atoms with Crippen LogP contribution in [0.15, 0.2) is 53.0 Å². The number of aromatic nitrogens is 8. The van der Waals surface area contributed by atoms with Gasteiger partial charge in [0, 0.05) is 30.6 Å². The summed E-state index contributed by atoms with van der Waals surface area (Å²) < 4.78 is 2.90. The van der Waals surface area contributed by atoms with Crippen LogP contribution in [-0.2, 0) is 4.79 Å². The number of azo groups is 1. The molecule has 0 unspecified atom stereocenters. The van der Waals surface area contributed by atoms with E-state index in [0.29, 0.717) is 34.2 Å². The van der Waals surface area contributed by atoms with Crippen LogP contribution >= 0.6 is 0 Å². The minimum absolute atomic E-state index is 0.145. The van der Waals surface area contributed by atoms with Crippen molar-refractivity contribution in [1.82, 2.24) is 39.6 Å². The molecule has 5 aromatic rings. The van der Waals surface area contributed by atoms with Crippen LogP contribution in [0.2, 0.25) is 0 Å². The molecule has 0 aliphatic heterocycles. The number of hydrogen-bond donors (Lipinski definition) is 2. The van der Waals surface area contributed by atoms with Crippen molar-refractivity contribution in [3.05, 3.63) is 65.5 Å². The van der Waals surface area contributed by atoms with Gasteiger partial charge in [0.2, 0.25) is 11.6 Å². The zero-order chi connectivity index (χ0) is 24.5. The van der Waals surface area contributed by atoms with Crippen LogP contribution in [0, 0.1) is 20.4 Å². The highest BCUT2D eigenvalue weighted by atomic mass is 16.1. The van der Waals surface area contributed by atoms with Crippen molar-refractivity contribution in [2.75, 3.05) is 5.32 Å². The molecule has 0 fully saturated rings. The Kier molecular flexibility index (Phi) is 5.30. The lowest BCUT2D eigenvalue weighted by atomic mass is 10.2. The van der Waals surface area contributed by atoms with E-state index < -0.39 is 0 Å². The molecule has 35 heavy (non-hydrogen) atoms. The number of aromatic amines is 1. The molecule has 0 saturated carbocycles. The van der Waals surface area contributed by atoms with Gasteiger partial charge in [-0.2, -0.15) is 14.4 Å². The smallest absolute Gasteiger partial charge is 0.255 e. The third-order valence-corrected chi connectivity index (χ3v) is 5.01. The first-order chi connectivity index (χ1) is 16.9. The van der Waals surface area contributed by atoms with Crippen LogP contribution in [0.25, 0.3) is 27.8 Å². The van der Waals surface area contributed by atoms with Crippen LogP contribution in [0.1, 0.15) is 18.3 Å². The number of benzene rings is 1. The van der Waals surface area contributed by atoms with Crippen molar-refractivity contribution in [2.24, 2.45) is 10.2 Å². The van der Waals surface area contributed by atoms with Crippen LogP contribution in [0.3, 0.4) is 0 Å². The number of fused-ring (bicyclic) bond motifs is 1. The fourth-order valence-electron chi connectivity index (χ4n) is 3.44. The van der Waals surface area contributed by atoms with Gasteiger partial charge in [-0.15, -0.1) is 15.3 Å². The maximum Gasteiger partial charge on any atom is 0.255 e. The van der Waals surface area contributed by atoms with E-state index >= 15 is 0 Å². The molecule has 0 radical (unpaired) electrons. The second-order valence-electron chi connectivity index (χ2n) is 7.54. The SMILES string of the molecule is [C-]#[N+]c1c(C)nn(-c2ncccn2)c1N=Nc1c(C)[nH]n2nc(-c3ccc(NC(C)=O)cc3)nc12. The zero-order valence-corrected chi connectivity index (χ0v) is 18.9. The zero-order valence-electron chi connectivity index (χ0n) is 18.9. The first kappa shape index (κ1) is 21.6. The molecule has 0 atom stereocenters. The summed E-state index contributed by atoms with van der Waals surface area (Å²) in [7, 11) is 0. The van der Waals surface area contributed by atoms with Crippen molar-refractivity contribution in [3.8, 4) is 17.3 Å². The first-order valence-corrected chi connectivity index (χ1v) is 10.4. The van der Waals surface area contributed by atoms with E-state index in [9.17, 15) is 4.79 Å². The monoisotopic (exact) mass is 466 g/mol. The molecule has 4 aromatic heterocycles. The number of aryl methyl sites for hydroxylation is 2. The molecule has 172 valence electrons. The van der Waals surface area contributed by atoms with Gasteiger partial charge in [-0.05, 0) is 44.2 Å². The third kappa shape index (κ3) is 4.00. The Bertz CT molecular complexity index is 1620. The molecule has 0 aliphatic rings. The quantitative estimate of drug-likeness (QED) is 0.292. The Morgan fingerprint density at radius 2 is 1.86 bits per heavy atom. The summed E-state index contributed by atoms with van der Waals surface area (Å²) >= 11 is 0. The molecule has 5 rings (SSSR count). The van der Waals surface area contributed by atoms with Crippen molar-refractivity contribution >= 4 is 34.4 Å². The highest BCUT2D eigenvalue weighted by Crippen LogP contribution is 2.35. The van der Waals surface area contributed by atoms with Crippen LogP contribution in [0.4, 0.5) is 22.9 Å². The number of nitrogens with zero attached hydrogens (tertiary/aromatic N) is 10. The molecule has 13 heteroatoms. The minimum atomic E-state index is -0.145. The summed E-state index contributed by atoms with van der Waals surface area (Å²) in [5, 5.41) is 23.4. The molecule has 0 spiro atoms. The topological polar surface area (TPSA) is 148 Å². The maximum absolute atomic E-state index is 11.2. The fraction of sp³-hybridized carbons (Fsp3) is 0.136. The Morgan fingerprint density at radius 3 is 2.54 bits per heavy atom. The van der Waals surface area contributed by atoms with E-state index in [-0.39, 0.29) is 23.4 Å². The number of H-pyrrole nitrogens is 1. The Morgan fingerprint density at radius 1 is 1.11 bits per heavy atom.